The van der Waals surface area contributed by atoms with Crippen molar-refractivity contribution in [3.05, 3.63) is 23.3 Å². The van der Waals surface area contributed by atoms with Crippen LogP contribution < -0.4 is 5.32 Å². The normalized spacial score (nSPS) is 27.0. The second-order valence-corrected chi connectivity index (χ2v) is 9.26. The van der Waals surface area contributed by atoms with Gasteiger partial charge in [-0.15, -0.1) is 0 Å². The number of sulfonamides is 1. The van der Waals surface area contributed by atoms with Crippen molar-refractivity contribution in [1.29, 1.82) is 0 Å². The van der Waals surface area contributed by atoms with Crippen LogP contribution in [0.3, 0.4) is 0 Å². The van der Waals surface area contributed by atoms with Gasteiger partial charge >= 0.3 is 0 Å². The van der Waals surface area contributed by atoms with Gasteiger partial charge in [-0.3, -0.25) is 4.79 Å². The molecule has 1 fully saturated rings. The Labute approximate surface area is 143 Å². The highest BCUT2D eigenvalue weighted by Gasteiger charge is 2.41. The minimum atomic E-state index is -3.63. The van der Waals surface area contributed by atoms with Crippen LogP contribution in [0.15, 0.2) is 17.0 Å². The van der Waals surface area contributed by atoms with E-state index in [-0.39, 0.29) is 23.0 Å². The minimum Gasteiger partial charge on any atom is -0.373 e. The van der Waals surface area contributed by atoms with Crippen molar-refractivity contribution >= 4 is 21.6 Å². The molecule has 2 heterocycles. The number of carbonyl (C=O) groups excluding carboxylic acids is 1. The van der Waals surface area contributed by atoms with Crippen molar-refractivity contribution in [2.24, 2.45) is 0 Å². The first-order chi connectivity index (χ1) is 11.0. The lowest BCUT2D eigenvalue weighted by Crippen LogP contribution is -2.48. The summed E-state index contributed by atoms with van der Waals surface area (Å²) in [7, 11) is -3.63. The minimum absolute atomic E-state index is 0.108. The molecule has 2 aliphatic heterocycles. The van der Waals surface area contributed by atoms with Crippen molar-refractivity contribution in [2.75, 3.05) is 18.4 Å². The van der Waals surface area contributed by atoms with Gasteiger partial charge < -0.3 is 10.1 Å². The summed E-state index contributed by atoms with van der Waals surface area (Å²) in [5.74, 6) is -0.108. The van der Waals surface area contributed by atoms with Crippen LogP contribution >= 0.6 is 0 Å². The van der Waals surface area contributed by atoms with Crippen LogP contribution in [0.5, 0.6) is 0 Å². The zero-order valence-electron chi connectivity index (χ0n) is 14.7. The number of hydrogen-bond donors (Lipinski definition) is 1. The van der Waals surface area contributed by atoms with Crippen LogP contribution in [0.25, 0.3) is 0 Å². The van der Waals surface area contributed by atoms with Crippen LogP contribution in [0.4, 0.5) is 5.69 Å². The largest absolute Gasteiger partial charge is 0.373 e. The van der Waals surface area contributed by atoms with Gasteiger partial charge in [-0.05, 0) is 57.9 Å². The zero-order valence-corrected chi connectivity index (χ0v) is 15.5. The molecule has 2 aliphatic rings. The molecule has 1 N–H and O–H groups in total. The molecule has 1 aromatic carbocycles. The van der Waals surface area contributed by atoms with Crippen molar-refractivity contribution in [1.82, 2.24) is 4.31 Å². The highest BCUT2D eigenvalue weighted by atomic mass is 32.2. The van der Waals surface area contributed by atoms with Crippen molar-refractivity contribution in [3.8, 4) is 0 Å². The number of aryl methyl sites for hydroxylation is 1. The standard InChI is InChI=1S/C17H24N2O4S/c1-10-6-13(7-14-15(10)18-16(20)17(14,4)5)24(21,22)19-8-11(2)23-12(3)9-19/h6-7,11-12H,8-9H2,1-5H3,(H,18,20)/t11-,12+. The maximum Gasteiger partial charge on any atom is 0.243 e. The number of nitrogens with one attached hydrogen (secondary N) is 1. The number of morpholine rings is 1. The number of ether oxygens (including phenoxy) is 1. The summed E-state index contributed by atoms with van der Waals surface area (Å²) >= 11 is 0. The van der Waals surface area contributed by atoms with Gasteiger partial charge in [0.2, 0.25) is 15.9 Å². The molecule has 0 saturated carbocycles. The molecule has 0 radical (unpaired) electrons. The van der Waals surface area contributed by atoms with Crippen molar-refractivity contribution in [3.63, 3.8) is 0 Å². The molecule has 1 saturated heterocycles. The van der Waals surface area contributed by atoms with E-state index in [1.807, 2.05) is 34.6 Å². The molecule has 0 unspecified atom stereocenters. The van der Waals surface area contributed by atoms with Gasteiger partial charge in [0, 0.05) is 18.8 Å². The molecule has 1 amide bonds. The maximum absolute atomic E-state index is 13.1. The number of carbonyl (C=O) groups is 1. The van der Waals surface area contributed by atoms with Gasteiger partial charge in [0.05, 0.1) is 22.5 Å². The molecule has 7 heteroatoms. The van der Waals surface area contributed by atoms with E-state index >= 15 is 0 Å². The highest BCUT2D eigenvalue weighted by molar-refractivity contribution is 7.89. The zero-order chi connectivity index (χ0) is 17.9. The third-order valence-electron chi connectivity index (χ3n) is 4.81. The van der Waals surface area contributed by atoms with Crippen LogP contribution in [0, 0.1) is 6.92 Å². The van der Waals surface area contributed by atoms with Gasteiger partial charge in [0.25, 0.3) is 0 Å². The Morgan fingerprint density at radius 3 is 2.38 bits per heavy atom. The predicted molar refractivity (Wildman–Crippen MR) is 91.6 cm³/mol. The predicted octanol–water partition coefficient (Wildman–Crippen LogP) is 2.02. The first-order valence-electron chi connectivity index (χ1n) is 8.15. The molecule has 0 aromatic heterocycles. The van der Waals surface area contributed by atoms with Crippen LogP contribution in [0.1, 0.15) is 38.8 Å². The van der Waals surface area contributed by atoms with E-state index in [9.17, 15) is 13.2 Å². The second kappa shape index (κ2) is 5.54. The summed E-state index contributed by atoms with van der Waals surface area (Å²) in [6.07, 6.45) is -0.280. The number of nitrogens with zero attached hydrogens (tertiary/aromatic N) is 1. The van der Waals surface area contributed by atoms with Crippen molar-refractivity contribution in [2.45, 2.75) is 57.1 Å². The van der Waals surface area contributed by atoms with E-state index in [2.05, 4.69) is 5.32 Å². The Bertz CT molecular complexity index is 791. The van der Waals surface area contributed by atoms with Gasteiger partial charge in [0.15, 0.2) is 0 Å². The van der Waals surface area contributed by atoms with E-state index in [0.717, 1.165) is 16.8 Å². The lowest BCUT2D eigenvalue weighted by atomic mass is 9.85. The van der Waals surface area contributed by atoms with Crippen LogP contribution in [-0.4, -0.2) is 43.9 Å². The smallest absolute Gasteiger partial charge is 0.243 e. The number of fused-ring (bicyclic) bond motifs is 1. The molecule has 6 nitrogen and oxygen atoms in total. The third kappa shape index (κ3) is 2.64. The maximum atomic E-state index is 13.1. The lowest BCUT2D eigenvalue weighted by Gasteiger charge is -2.34. The lowest BCUT2D eigenvalue weighted by molar-refractivity contribution is -0.119. The quantitative estimate of drug-likeness (QED) is 0.883. The van der Waals surface area contributed by atoms with E-state index in [1.165, 1.54) is 4.31 Å². The van der Waals surface area contributed by atoms with Gasteiger partial charge in [-0.1, -0.05) is 0 Å². The summed E-state index contributed by atoms with van der Waals surface area (Å²) in [5, 5.41) is 2.86. The number of rotatable bonds is 2. The summed E-state index contributed by atoms with van der Waals surface area (Å²) in [5.41, 5.74) is 1.49. The average molecular weight is 352 g/mol. The second-order valence-electron chi connectivity index (χ2n) is 7.32. The number of anilines is 1. The summed E-state index contributed by atoms with van der Waals surface area (Å²) in [6.45, 7) is 9.86. The molecular weight excluding hydrogens is 328 g/mol. The Morgan fingerprint density at radius 2 is 1.79 bits per heavy atom. The van der Waals surface area contributed by atoms with Gasteiger partial charge in [-0.25, -0.2) is 8.42 Å². The average Bonchev–Trinajstić information content (AvgIpc) is 2.69. The monoisotopic (exact) mass is 352 g/mol. The molecule has 0 bridgehead atoms. The summed E-state index contributed by atoms with van der Waals surface area (Å²) in [6, 6.07) is 3.28. The van der Waals surface area contributed by atoms with E-state index in [0.29, 0.717) is 13.1 Å². The number of hydrogen-bond acceptors (Lipinski definition) is 4. The van der Waals surface area contributed by atoms with E-state index in [1.54, 1.807) is 12.1 Å². The number of amides is 1. The fraction of sp³-hybridized carbons (Fsp3) is 0.588. The molecule has 1 aromatic rings. The molecule has 0 spiro atoms. The Morgan fingerprint density at radius 1 is 1.21 bits per heavy atom. The van der Waals surface area contributed by atoms with E-state index < -0.39 is 15.4 Å². The number of benzene rings is 1. The van der Waals surface area contributed by atoms with Crippen molar-refractivity contribution < 1.29 is 17.9 Å². The first kappa shape index (κ1) is 17.4. The topological polar surface area (TPSA) is 75.7 Å². The highest BCUT2D eigenvalue weighted by Crippen LogP contribution is 2.41. The van der Waals surface area contributed by atoms with E-state index in [4.69, 9.17) is 4.74 Å². The third-order valence-corrected chi connectivity index (χ3v) is 6.62. The van der Waals surface area contributed by atoms with Crippen LogP contribution in [-0.2, 0) is 25.0 Å². The molecule has 132 valence electrons. The Hall–Kier alpha value is -1.44. The van der Waals surface area contributed by atoms with Gasteiger partial charge in [-0.2, -0.15) is 4.31 Å². The van der Waals surface area contributed by atoms with Crippen LogP contribution in [0.2, 0.25) is 0 Å². The summed E-state index contributed by atoms with van der Waals surface area (Å²) < 4.78 is 33.3. The molecule has 24 heavy (non-hydrogen) atoms. The first-order valence-corrected chi connectivity index (χ1v) is 9.59. The SMILES string of the molecule is Cc1cc(S(=O)(=O)N2C[C@@H](C)O[C@@H](C)C2)cc2c1NC(=O)C2(C)C. The molecule has 0 aliphatic carbocycles. The fourth-order valence-electron chi connectivity index (χ4n) is 3.43. The Balaban J connectivity index is 2.06. The molecule has 2 atom stereocenters. The molecule has 3 rings (SSSR count). The molecular formula is C17H24N2O4S. The summed E-state index contributed by atoms with van der Waals surface area (Å²) in [4.78, 5) is 12.4. The fourth-order valence-corrected chi connectivity index (χ4v) is 5.13. The van der Waals surface area contributed by atoms with Gasteiger partial charge in [0.1, 0.15) is 0 Å². The Kier molecular flexibility index (Phi) is 4.01.